The van der Waals surface area contributed by atoms with Crippen molar-refractivity contribution in [2.24, 2.45) is 29.6 Å². The number of aromatic nitrogens is 3. The number of pyridine rings is 1. The van der Waals surface area contributed by atoms with Gasteiger partial charge in [-0.05, 0) is 218 Å². The van der Waals surface area contributed by atoms with Gasteiger partial charge in [-0.2, -0.15) is 0 Å². The average Bonchev–Trinajstić information content (AvgIpc) is 3.45. The van der Waals surface area contributed by atoms with Crippen LogP contribution in [0.4, 0.5) is 0 Å². The van der Waals surface area contributed by atoms with Crippen molar-refractivity contribution in [3.63, 3.8) is 0 Å². The van der Waals surface area contributed by atoms with Gasteiger partial charge in [-0.15, -0.1) is 11.3 Å². The lowest BCUT2D eigenvalue weighted by atomic mass is 9.66. The summed E-state index contributed by atoms with van der Waals surface area (Å²) in [7, 11) is 0. The lowest BCUT2D eigenvalue weighted by Gasteiger charge is -2.43. The highest BCUT2D eigenvalue weighted by Gasteiger charge is 2.32. The van der Waals surface area contributed by atoms with E-state index in [4.69, 9.17) is 0 Å². The number of fused-ring (bicyclic) bond motifs is 5. The van der Waals surface area contributed by atoms with E-state index in [9.17, 15) is 0 Å². The Morgan fingerprint density at radius 1 is 0.638 bits per heavy atom. The number of rotatable bonds is 0. The monoisotopic (exact) mass is 1120 g/mol. The molecule has 2 saturated carbocycles. The Balaban J connectivity index is 0.000000155. The Morgan fingerprint density at radius 2 is 1.31 bits per heavy atom. The molecule has 0 amide bonds. The largest absolute Gasteiger partial charge is 0.303 e. The van der Waals surface area contributed by atoms with Crippen LogP contribution in [0.25, 0.3) is 10.8 Å². The topological polar surface area (TPSA) is 41.9 Å². The molecule has 3 aromatic heterocycles. The first-order valence-electron chi connectivity index (χ1n) is 20.9. The predicted octanol–water partition coefficient (Wildman–Crippen LogP) is 16.8. The Kier molecular flexibility index (Phi) is 21.6. The van der Waals surface area contributed by atoms with E-state index < -0.39 is 0 Å². The zero-order valence-electron chi connectivity index (χ0n) is 35.7. The molecule has 4 unspecified atom stereocenters. The third-order valence-corrected chi connectivity index (χ3v) is 19.0. The van der Waals surface area contributed by atoms with Crippen LogP contribution < -0.4 is 0 Å². The SMILES string of the molecule is CC1CCCC2CCCCC12.CC1CN2CCC1CC2.Cc1c(Br)cc2ccccc2c1Br.Cc1c(Br)sc(Br)c1Br.Cc1ccncc1C.Cc1cncnc1C. The molecule has 3 saturated heterocycles. The number of hydrogen-bond acceptors (Lipinski definition) is 5. The molecule has 4 atom stereocenters. The highest BCUT2D eigenvalue weighted by atomic mass is 79.9. The first-order valence-corrected chi connectivity index (χ1v) is 25.7. The molecule has 316 valence electrons. The van der Waals surface area contributed by atoms with Gasteiger partial charge in [-0.3, -0.25) is 4.98 Å². The van der Waals surface area contributed by atoms with Gasteiger partial charge >= 0.3 is 0 Å². The van der Waals surface area contributed by atoms with Crippen LogP contribution in [0.15, 0.2) is 82.3 Å². The lowest BCUT2D eigenvalue weighted by molar-refractivity contribution is 0.0603. The third-order valence-electron chi connectivity index (χ3n) is 12.5. The van der Waals surface area contributed by atoms with E-state index in [0.717, 1.165) is 53.6 Å². The smallest absolute Gasteiger partial charge is 0.115 e. The summed E-state index contributed by atoms with van der Waals surface area (Å²) in [6.45, 7) is 21.3. The maximum Gasteiger partial charge on any atom is 0.115 e. The van der Waals surface area contributed by atoms with Crippen molar-refractivity contribution in [2.75, 3.05) is 19.6 Å². The van der Waals surface area contributed by atoms with Crippen molar-refractivity contribution in [3.05, 3.63) is 116 Å². The van der Waals surface area contributed by atoms with Crippen molar-refractivity contribution in [2.45, 2.75) is 113 Å². The highest BCUT2D eigenvalue weighted by Crippen LogP contribution is 2.43. The lowest BCUT2D eigenvalue weighted by Crippen LogP contribution is -2.46. The van der Waals surface area contributed by atoms with Gasteiger partial charge < -0.3 is 4.90 Å². The van der Waals surface area contributed by atoms with Gasteiger partial charge in [0.25, 0.3) is 0 Å². The molecule has 5 aliphatic rings. The van der Waals surface area contributed by atoms with E-state index in [-0.39, 0.29) is 0 Å². The molecule has 5 fully saturated rings. The van der Waals surface area contributed by atoms with Crippen molar-refractivity contribution in [1.29, 1.82) is 0 Å². The van der Waals surface area contributed by atoms with E-state index in [1.54, 1.807) is 36.9 Å². The van der Waals surface area contributed by atoms with Crippen molar-refractivity contribution < 1.29 is 0 Å². The number of piperidine rings is 3. The summed E-state index contributed by atoms with van der Waals surface area (Å²) in [4.78, 5) is 14.3. The van der Waals surface area contributed by atoms with Gasteiger partial charge in [-0.1, -0.05) is 92.6 Å². The van der Waals surface area contributed by atoms with Gasteiger partial charge in [0, 0.05) is 44.2 Å². The van der Waals surface area contributed by atoms with Crippen LogP contribution in [0.2, 0.25) is 0 Å². The molecule has 0 radical (unpaired) electrons. The molecule has 6 heterocycles. The first-order chi connectivity index (χ1) is 27.7. The maximum atomic E-state index is 3.97. The van der Waals surface area contributed by atoms with Crippen LogP contribution in [0.3, 0.4) is 0 Å². The van der Waals surface area contributed by atoms with E-state index >= 15 is 0 Å². The van der Waals surface area contributed by atoms with Crippen molar-refractivity contribution >= 4 is 102 Å². The summed E-state index contributed by atoms with van der Waals surface area (Å²) >= 11 is 19.1. The van der Waals surface area contributed by atoms with E-state index in [1.165, 1.54) is 99.4 Å². The van der Waals surface area contributed by atoms with Crippen LogP contribution in [0.5, 0.6) is 0 Å². The van der Waals surface area contributed by atoms with E-state index in [1.807, 2.05) is 38.5 Å². The number of thiophene rings is 1. The molecule has 4 nitrogen and oxygen atoms in total. The van der Waals surface area contributed by atoms with Crippen LogP contribution >= 0.6 is 91.0 Å². The van der Waals surface area contributed by atoms with Gasteiger partial charge in [0.2, 0.25) is 0 Å². The second-order valence-electron chi connectivity index (χ2n) is 16.6. The highest BCUT2D eigenvalue weighted by molar-refractivity contribution is 9.14. The van der Waals surface area contributed by atoms with Crippen LogP contribution in [-0.2, 0) is 0 Å². The standard InChI is InChI=1S/C11H8Br2.C11H20.C8H15N.C7H9N.C6H8N2.C5H3Br3S/c1-7-10(12)6-8-4-2-3-5-9(8)11(7)13;1-9-5-4-7-10-6-2-3-8-11(9)10;1-7-6-9-4-2-8(7)3-5-9;1-6-3-4-8-5-7(6)2;1-5-3-7-4-8-6(5)2;1-2-3(6)5(8)9-4(2)7/h2-6H,1H3;9-11H,2-8H2,1H3;7-8H,2-6H2,1H3;3-5H,1-2H3;3-4H,1-2H3;1H3. The Bertz CT molecular complexity index is 1900. The van der Waals surface area contributed by atoms with Crippen LogP contribution in [0, 0.1) is 71.1 Å². The second-order valence-corrected chi connectivity index (χ2v) is 22.7. The summed E-state index contributed by atoms with van der Waals surface area (Å²) in [6.07, 6.45) is 20.7. The first kappa shape index (κ1) is 49.6. The van der Waals surface area contributed by atoms with Crippen molar-refractivity contribution in [3.8, 4) is 0 Å². The zero-order valence-corrected chi connectivity index (χ0v) is 44.5. The van der Waals surface area contributed by atoms with Crippen molar-refractivity contribution in [1.82, 2.24) is 19.9 Å². The molecule has 2 aliphatic carbocycles. The molecule has 0 spiro atoms. The summed E-state index contributed by atoms with van der Waals surface area (Å²) in [5, 5.41) is 2.52. The normalized spacial score (nSPS) is 22.8. The molecule has 58 heavy (non-hydrogen) atoms. The summed E-state index contributed by atoms with van der Waals surface area (Å²) in [6, 6.07) is 12.5. The number of aryl methyl sites for hydroxylation is 4. The molecule has 0 N–H and O–H groups in total. The fourth-order valence-corrected chi connectivity index (χ4v) is 13.2. The van der Waals surface area contributed by atoms with Gasteiger partial charge in [-0.25, -0.2) is 9.97 Å². The number of hydrogen-bond donors (Lipinski definition) is 0. The van der Waals surface area contributed by atoms with E-state index in [2.05, 4.69) is 171 Å². The summed E-state index contributed by atoms with van der Waals surface area (Å²) < 4.78 is 5.81. The zero-order chi connectivity index (χ0) is 42.4. The minimum absolute atomic E-state index is 0.993. The molecule has 2 aromatic carbocycles. The van der Waals surface area contributed by atoms with Gasteiger partial charge in [0.15, 0.2) is 0 Å². The van der Waals surface area contributed by atoms with Gasteiger partial charge in [0.1, 0.15) is 6.33 Å². The Hall–Kier alpha value is -1.01. The number of halogens is 5. The van der Waals surface area contributed by atoms with Crippen LogP contribution in [-0.4, -0.2) is 39.5 Å². The van der Waals surface area contributed by atoms with Crippen LogP contribution in [0.1, 0.15) is 105 Å². The van der Waals surface area contributed by atoms with Gasteiger partial charge in [0.05, 0.1) is 7.57 Å². The number of benzene rings is 2. The summed E-state index contributed by atoms with van der Waals surface area (Å²) in [5.74, 6) is 5.38. The molecule has 10 heteroatoms. The molecule has 2 bridgehead atoms. The molecule has 5 aromatic rings. The summed E-state index contributed by atoms with van der Waals surface area (Å²) in [5.41, 5.74) is 7.27. The second kappa shape index (κ2) is 25.2. The third kappa shape index (κ3) is 15.1. The molecule has 10 rings (SSSR count). The Morgan fingerprint density at radius 3 is 1.79 bits per heavy atom. The Labute approximate surface area is 396 Å². The average molecular weight is 1130 g/mol. The molecular weight excluding hydrogens is 1060 g/mol. The maximum absolute atomic E-state index is 3.97. The fourth-order valence-electron chi connectivity index (χ4n) is 8.33. The fraction of sp³-hybridized carbons (Fsp3) is 0.521. The number of nitrogens with zero attached hydrogens (tertiary/aromatic N) is 4. The minimum Gasteiger partial charge on any atom is -0.303 e. The predicted molar refractivity (Wildman–Crippen MR) is 268 cm³/mol. The molecular formula is C48H63Br5N4S. The minimum atomic E-state index is 0.993. The molecule has 3 aliphatic heterocycles. The quantitative estimate of drug-likeness (QED) is 0.155. The van der Waals surface area contributed by atoms with E-state index in [0.29, 0.717) is 0 Å².